The smallest absolute Gasteiger partial charge is 0.326 e. The number of carboxylic acid groups (broad SMARTS) is 1. The van der Waals surface area contributed by atoms with Crippen molar-refractivity contribution in [2.75, 3.05) is 0 Å². The summed E-state index contributed by atoms with van der Waals surface area (Å²) >= 11 is 0. The maximum Gasteiger partial charge on any atom is 0.326 e. The molecule has 0 rings (SSSR count). The molecule has 0 bridgehead atoms. The van der Waals surface area contributed by atoms with Crippen LogP contribution < -0.4 is 5.32 Å². The van der Waals surface area contributed by atoms with E-state index in [1.165, 1.54) is 0 Å². The number of amides is 1. The summed E-state index contributed by atoms with van der Waals surface area (Å²) in [6.07, 6.45) is 4.74. The molecule has 4 heteroatoms. The van der Waals surface area contributed by atoms with Gasteiger partial charge in [0, 0.05) is 6.42 Å². The van der Waals surface area contributed by atoms with Crippen LogP contribution in [-0.2, 0) is 9.59 Å². The average molecular weight is 243 g/mol. The second-order valence-electron chi connectivity index (χ2n) is 4.70. The summed E-state index contributed by atoms with van der Waals surface area (Å²) in [4.78, 5) is 22.6. The zero-order valence-corrected chi connectivity index (χ0v) is 11.2. The number of hydrogen-bond donors (Lipinski definition) is 2. The van der Waals surface area contributed by atoms with Crippen LogP contribution >= 0.6 is 0 Å². The van der Waals surface area contributed by atoms with E-state index >= 15 is 0 Å². The first kappa shape index (κ1) is 15.9. The fraction of sp³-hybridized carbons (Fsp3) is 0.846. The van der Waals surface area contributed by atoms with Crippen molar-refractivity contribution < 1.29 is 14.7 Å². The zero-order valence-electron chi connectivity index (χ0n) is 11.2. The van der Waals surface area contributed by atoms with Crippen LogP contribution in [-0.4, -0.2) is 23.0 Å². The molecule has 0 saturated heterocycles. The quantitative estimate of drug-likeness (QED) is 0.654. The summed E-state index contributed by atoms with van der Waals surface area (Å²) in [5.41, 5.74) is 0. The van der Waals surface area contributed by atoms with Crippen molar-refractivity contribution in [3.8, 4) is 0 Å². The van der Waals surface area contributed by atoms with Gasteiger partial charge in [0.05, 0.1) is 0 Å². The Hall–Kier alpha value is -1.06. The standard InChI is InChI=1S/C13H25NO3/c1-4-6-8-11(13(16)17)14-12(15)9-10(3)7-5-2/h10-11H,4-9H2,1-3H3,(H,14,15)(H,16,17)/t10?,11-/m0/s1. The van der Waals surface area contributed by atoms with Crippen LogP contribution in [0.25, 0.3) is 0 Å². The first-order valence-corrected chi connectivity index (χ1v) is 6.53. The highest BCUT2D eigenvalue weighted by molar-refractivity contribution is 5.83. The molecule has 1 amide bonds. The van der Waals surface area contributed by atoms with Crippen LogP contribution in [0.3, 0.4) is 0 Å². The zero-order chi connectivity index (χ0) is 13.3. The topological polar surface area (TPSA) is 66.4 Å². The molecule has 2 N–H and O–H groups in total. The van der Waals surface area contributed by atoms with Crippen molar-refractivity contribution in [1.82, 2.24) is 5.32 Å². The van der Waals surface area contributed by atoms with Gasteiger partial charge in [0.25, 0.3) is 0 Å². The average Bonchev–Trinajstić information content (AvgIpc) is 2.23. The van der Waals surface area contributed by atoms with Crippen LogP contribution in [0.4, 0.5) is 0 Å². The van der Waals surface area contributed by atoms with Gasteiger partial charge in [-0.05, 0) is 12.3 Å². The highest BCUT2D eigenvalue weighted by Gasteiger charge is 2.19. The monoisotopic (exact) mass is 243 g/mol. The van der Waals surface area contributed by atoms with E-state index in [0.717, 1.165) is 25.7 Å². The second-order valence-corrected chi connectivity index (χ2v) is 4.70. The summed E-state index contributed by atoms with van der Waals surface area (Å²) in [5.74, 6) is -0.759. The summed E-state index contributed by atoms with van der Waals surface area (Å²) in [6, 6.07) is -0.726. The molecule has 2 atom stereocenters. The van der Waals surface area contributed by atoms with Gasteiger partial charge in [-0.15, -0.1) is 0 Å². The third-order valence-corrected chi connectivity index (χ3v) is 2.79. The number of unbranched alkanes of at least 4 members (excludes halogenated alkanes) is 1. The Balaban J connectivity index is 4.07. The van der Waals surface area contributed by atoms with Gasteiger partial charge in [0.1, 0.15) is 6.04 Å². The van der Waals surface area contributed by atoms with Crippen molar-refractivity contribution in [3.05, 3.63) is 0 Å². The molecule has 0 aliphatic rings. The van der Waals surface area contributed by atoms with Gasteiger partial charge in [-0.2, -0.15) is 0 Å². The van der Waals surface area contributed by atoms with Crippen LogP contribution in [0.2, 0.25) is 0 Å². The van der Waals surface area contributed by atoms with Crippen molar-refractivity contribution in [2.45, 2.75) is 65.3 Å². The van der Waals surface area contributed by atoms with Crippen molar-refractivity contribution >= 4 is 11.9 Å². The van der Waals surface area contributed by atoms with Gasteiger partial charge in [-0.25, -0.2) is 4.79 Å². The number of aliphatic carboxylic acids is 1. The Morgan fingerprint density at radius 3 is 2.29 bits per heavy atom. The Labute approximate surface area is 104 Å². The Bertz CT molecular complexity index is 241. The molecule has 0 fully saturated rings. The third kappa shape index (κ3) is 7.77. The molecule has 0 aromatic rings. The van der Waals surface area contributed by atoms with E-state index in [0.29, 0.717) is 18.8 Å². The molecule has 0 aliphatic carbocycles. The molecule has 100 valence electrons. The fourth-order valence-corrected chi connectivity index (χ4v) is 1.83. The van der Waals surface area contributed by atoms with Gasteiger partial charge >= 0.3 is 5.97 Å². The van der Waals surface area contributed by atoms with Crippen LogP contribution in [0, 0.1) is 5.92 Å². The lowest BCUT2D eigenvalue weighted by molar-refractivity contribution is -0.142. The molecule has 4 nitrogen and oxygen atoms in total. The largest absolute Gasteiger partial charge is 0.480 e. The van der Waals surface area contributed by atoms with Gasteiger partial charge in [0.2, 0.25) is 5.91 Å². The summed E-state index contributed by atoms with van der Waals surface area (Å²) < 4.78 is 0. The highest BCUT2D eigenvalue weighted by Crippen LogP contribution is 2.10. The lowest BCUT2D eigenvalue weighted by atomic mass is 10.0. The van der Waals surface area contributed by atoms with Crippen LogP contribution in [0.1, 0.15) is 59.3 Å². The Kier molecular flexibility index (Phi) is 8.46. The maximum absolute atomic E-state index is 11.6. The molecular weight excluding hydrogens is 218 g/mol. The van der Waals surface area contributed by atoms with Crippen molar-refractivity contribution in [1.29, 1.82) is 0 Å². The van der Waals surface area contributed by atoms with Crippen LogP contribution in [0.5, 0.6) is 0 Å². The highest BCUT2D eigenvalue weighted by atomic mass is 16.4. The minimum absolute atomic E-state index is 0.144. The Morgan fingerprint density at radius 2 is 1.82 bits per heavy atom. The number of rotatable bonds is 9. The molecule has 17 heavy (non-hydrogen) atoms. The number of carboxylic acids is 1. The second kappa shape index (κ2) is 9.02. The molecule has 0 saturated carbocycles. The summed E-state index contributed by atoms with van der Waals surface area (Å²) in [6.45, 7) is 6.10. The fourth-order valence-electron chi connectivity index (χ4n) is 1.83. The molecule has 1 unspecified atom stereocenters. The molecule has 0 aromatic carbocycles. The van der Waals surface area contributed by atoms with E-state index in [1.54, 1.807) is 0 Å². The first-order chi connectivity index (χ1) is 8.01. The predicted octanol–water partition coefficient (Wildman–Crippen LogP) is 2.57. The normalized spacial score (nSPS) is 14.1. The maximum atomic E-state index is 11.6. The summed E-state index contributed by atoms with van der Waals surface area (Å²) in [7, 11) is 0. The lowest BCUT2D eigenvalue weighted by Crippen LogP contribution is -2.41. The molecule has 0 heterocycles. The number of hydrogen-bond acceptors (Lipinski definition) is 2. The third-order valence-electron chi connectivity index (χ3n) is 2.79. The van der Waals surface area contributed by atoms with E-state index < -0.39 is 12.0 Å². The Morgan fingerprint density at radius 1 is 1.18 bits per heavy atom. The number of nitrogens with one attached hydrogen (secondary N) is 1. The van der Waals surface area contributed by atoms with E-state index in [2.05, 4.69) is 12.2 Å². The minimum atomic E-state index is -0.935. The summed E-state index contributed by atoms with van der Waals surface area (Å²) in [5, 5.41) is 11.6. The van der Waals surface area contributed by atoms with Gasteiger partial charge < -0.3 is 10.4 Å². The SMILES string of the molecule is CCCC[C@H](NC(=O)CC(C)CCC)C(=O)O. The van der Waals surface area contributed by atoms with Crippen LogP contribution in [0.15, 0.2) is 0 Å². The van der Waals surface area contributed by atoms with Crippen molar-refractivity contribution in [3.63, 3.8) is 0 Å². The van der Waals surface area contributed by atoms with E-state index in [9.17, 15) is 9.59 Å². The lowest BCUT2D eigenvalue weighted by Gasteiger charge is -2.16. The number of carbonyl (C=O) groups excluding carboxylic acids is 1. The number of carbonyl (C=O) groups is 2. The molecule has 0 radical (unpaired) electrons. The first-order valence-electron chi connectivity index (χ1n) is 6.53. The van der Waals surface area contributed by atoms with E-state index in [4.69, 9.17) is 5.11 Å². The van der Waals surface area contributed by atoms with Crippen molar-refractivity contribution in [2.24, 2.45) is 5.92 Å². The van der Waals surface area contributed by atoms with Gasteiger partial charge in [-0.3, -0.25) is 4.79 Å². The van der Waals surface area contributed by atoms with E-state index in [-0.39, 0.29) is 5.91 Å². The molecular formula is C13H25NO3. The van der Waals surface area contributed by atoms with E-state index in [1.807, 2.05) is 13.8 Å². The minimum Gasteiger partial charge on any atom is -0.480 e. The molecule has 0 aromatic heterocycles. The van der Waals surface area contributed by atoms with Gasteiger partial charge in [0.15, 0.2) is 0 Å². The van der Waals surface area contributed by atoms with Gasteiger partial charge in [-0.1, -0.05) is 46.5 Å². The predicted molar refractivity (Wildman–Crippen MR) is 67.8 cm³/mol. The molecule has 0 spiro atoms. The molecule has 0 aliphatic heterocycles.